The highest BCUT2D eigenvalue weighted by Crippen LogP contribution is 2.28. The van der Waals surface area contributed by atoms with E-state index in [1.807, 2.05) is 13.0 Å². The molecule has 0 fully saturated rings. The zero-order valence-electron chi connectivity index (χ0n) is 9.07. The van der Waals surface area contributed by atoms with Crippen molar-refractivity contribution in [3.05, 3.63) is 23.8 Å². The number of hydrogen-bond donors (Lipinski definition) is 0. The van der Waals surface area contributed by atoms with Crippen molar-refractivity contribution >= 4 is 5.97 Å². The van der Waals surface area contributed by atoms with Crippen LogP contribution in [0.15, 0.2) is 18.2 Å². The third kappa shape index (κ3) is 3.59. The first kappa shape index (κ1) is 11.5. The Bertz CT molecular complexity index is 346. The van der Waals surface area contributed by atoms with Crippen molar-refractivity contribution in [2.45, 2.75) is 13.8 Å². The van der Waals surface area contributed by atoms with Gasteiger partial charge in [0.2, 0.25) is 0 Å². The molecule has 0 unspecified atom stereocenters. The molecule has 0 aliphatic heterocycles. The minimum Gasteiger partial charge on any atom is -0.464 e. The van der Waals surface area contributed by atoms with E-state index in [0.717, 1.165) is 5.56 Å². The summed E-state index contributed by atoms with van der Waals surface area (Å²) < 4.78 is 15.0. The predicted octanol–water partition coefficient (Wildman–Crippen LogP) is 1.90. The molecule has 0 bridgehead atoms. The molecular formula is C11H14O4. The van der Waals surface area contributed by atoms with E-state index >= 15 is 0 Å². The smallest absolute Gasteiger partial charge is 0.308 e. The monoisotopic (exact) mass is 210 g/mol. The second kappa shape index (κ2) is 5.36. The quantitative estimate of drug-likeness (QED) is 0.432. The Balaban J connectivity index is 2.87. The molecular weight excluding hydrogens is 196 g/mol. The number of carbonyl (C=O) groups is 1. The molecule has 4 heteroatoms. The van der Waals surface area contributed by atoms with E-state index in [1.54, 1.807) is 12.1 Å². The summed E-state index contributed by atoms with van der Waals surface area (Å²) in [5, 5.41) is 0. The minimum atomic E-state index is -0.374. The normalized spacial score (nSPS) is 9.80. The second-order valence-corrected chi connectivity index (χ2v) is 3.09. The van der Waals surface area contributed by atoms with Crippen molar-refractivity contribution in [1.82, 2.24) is 0 Å². The number of carbonyl (C=O) groups excluding carboxylic acids is 1. The lowest BCUT2D eigenvalue weighted by Crippen LogP contribution is -2.05. The first-order valence-corrected chi connectivity index (χ1v) is 4.54. The summed E-state index contributed by atoms with van der Waals surface area (Å²) >= 11 is 0. The summed E-state index contributed by atoms with van der Waals surface area (Å²) in [7, 11) is 1.53. The van der Waals surface area contributed by atoms with Crippen LogP contribution in [0.25, 0.3) is 0 Å². The van der Waals surface area contributed by atoms with Crippen LogP contribution in [0.5, 0.6) is 11.5 Å². The van der Waals surface area contributed by atoms with Crippen molar-refractivity contribution in [1.29, 1.82) is 0 Å². The third-order valence-electron chi connectivity index (χ3n) is 1.69. The number of methoxy groups -OCH3 is 1. The van der Waals surface area contributed by atoms with Crippen molar-refractivity contribution in [3.63, 3.8) is 0 Å². The molecule has 0 saturated heterocycles. The zero-order valence-corrected chi connectivity index (χ0v) is 9.07. The Morgan fingerprint density at radius 3 is 2.67 bits per heavy atom. The summed E-state index contributed by atoms with van der Waals surface area (Å²) in [6, 6.07) is 5.33. The Labute approximate surface area is 88.8 Å². The van der Waals surface area contributed by atoms with Crippen LogP contribution in [-0.2, 0) is 9.53 Å². The molecule has 0 aliphatic carbocycles. The largest absolute Gasteiger partial charge is 0.464 e. The van der Waals surface area contributed by atoms with Crippen LogP contribution in [0.4, 0.5) is 0 Å². The van der Waals surface area contributed by atoms with Crippen molar-refractivity contribution < 1.29 is 19.0 Å². The summed E-state index contributed by atoms with van der Waals surface area (Å²) in [5.41, 5.74) is 1.03. The van der Waals surface area contributed by atoms with Gasteiger partial charge in [-0.3, -0.25) is 4.79 Å². The highest BCUT2D eigenvalue weighted by Gasteiger charge is 2.07. The fraction of sp³-hybridized carbons (Fsp3) is 0.364. The average molecular weight is 210 g/mol. The molecule has 1 rings (SSSR count). The third-order valence-corrected chi connectivity index (χ3v) is 1.69. The van der Waals surface area contributed by atoms with Crippen LogP contribution in [0.3, 0.4) is 0 Å². The van der Waals surface area contributed by atoms with Crippen molar-refractivity contribution in [2.75, 3.05) is 13.9 Å². The van der Waals surface area contributed by atoms with Gasteiger partial charge in [0.15, 0.2) is 18.3 Å². The van der Waals surface area contributed by atoms with Gasteiger partial charge in [0, 0.05) is 14.0 Å². The molecule has 1 aromatic carbocycles. The van der Waals surface area contributed by atoms with E-state index in [-0.39, 0.29) is 12.8 Å². The number of ether oxygens (including phenoxy) is 3. The van der Waals surface area contributed by atoms with Gasteiger partial charge in [0.05, 0.1) is 0 Å². The maximum absolute atomic E-state index is 10.8. The topological polar surface area (TPSA) is 44.8 Å². The zero-order chi connectivity index (χ0) is 11.3. The lowest BCUT2D eigenvalue weighted by molar-refractivity contribution is -0.132. The average Bonchev–Trinajstić information content (AvgIpc) is 2.18. The first-order chi connectivity index (χ1) is 7.13. The molecule has 0 atom stereocenters. The highest BCUT2D eigenvalue weighted by atomic mass is 16.7. The van der Waals surface area contributed by atoms with Gasteiger partial charge in [-0.2, -0.15) is 0 Å². The molecule has 0 spiro atoms. The van der Waals surface area contributed by atoms with Crippen LogP contribution in [0, 0.1) is 6.92 Å². The highest BCUT2D eigenvalue weighted by molar-refractivity contribution is 5.70. The fourth-order valence-electron chi connectivity index (χ4n) is 1.09. The Hall–Kier alpha value is -1.55. The van der Waals surface area contributed by atoms with E-state index in [0.29, 0.717) is 11.5 Å². The molecule has 1 aromatic rings. The van der Waals surface area contributed by atoms with Gasteiger partial charge in [0.1, 0.15) is 0 Å². The predicted molar refractivity (Wildman–Crippen MR) is 55.0 cm³/mol. The molecule has 15 heavy (non-hydrogen) atoms. The van der Waals surface area contributed by atoms with Gasteiger partial charge >= 0.3 is 5.97 Å². The van der Waals surface area contributed by atoms with Crippen molar-refractivity contribution in [2.24, 2.45) is 0 Å². The summed E-state index contributed by atoms with van der Waals surface area (Å²) in [4.78, 5) is 10.8. The van der Waals surface area contributed by atoms with Gasteiger partial charge in [-0.05, 0) is 24.6 Å². The first-order valence-electron chi connectivity index (χ1n) is 4.54. The second-order valence-electron chi connectivity index (χ2n) is 3.09. The molecule has 0 aromatic heterocycles. The molecule has 4 nitrogen and oxygen atoms in total. The minimum absolute atomic E-state index is 0.123. The number of aryl methyl sites for hydroxylation is 1. The Morgan fingerprint density at radius 1 is 1.33 bits per heavy atom. The SMILES string of the molecule is COCOc1cc(C)ccc1OC(C)=O. The van der Waals surface area contributed by atoms with Gasteiger partial charge in [0.25, 0.3) is 0 Å². The van der Waals surface area contributed by atoms with Crippen LogP contribution in [0.2, 0.25) is 0 Å². The molecule has 0 radical (unpaired) electrons. The van der Waals surface area contributed by atoms with E-state index in [2.05, 4.69) is 0 Å². The maximum Gasteiger partial charge on any atom is 0.308 e. The maximum atomic E-state index is 10.8. The van der Waals surface area contributed by atoms with E-state index in [4.69, 9.17) is 14.2 Å². The van der Waals surface area contributed by atoms with Gasteiger partial charge in [-0.1, -0.05) is 6.07 Å². The van der Waals surface area contributed by atoms with Crippen LogP contribution < -0.4 is 9.47 Å². The molecule has 0 saturated carbocycles. The van der Waals surface area contributed by atoms with E-state index in [1.165, 1.54) is 14.0 Å². The summed E-state index contributed by atoms with van der Waals surface area (Å²) in [6.07, 6.45) is 0. The van der Waals surface area contributed by atoms with E-state index < -0.39 is 0 Å². The number of benzene rings is 1. The van der Waals surface area contributed by atoms with Crippen LogP contribution in [-0.4, -0.2) is 19.9 Å². The lowest BCUT2D eigenvalue weighted by Gasteiger charge is -2.10. The molecule has 0 amide bonds. The molecule has 0 heterocycles. The fourth-order valence-corrected chi connectivity index (χ4v) is 1.09. The van der Waals surface area contributed by atoms with Crippen molar-refractivity contribution in [3.8, 4) is 11.5 Å². The summed E-state index contributed by atoms with van der Waals surface area (Å²) in [5.74, 6) is 0.540. The van der Waals surface area contributed by atoms with Gasteiger partial charge in [-0.15, -0.1) is 0 Å². The molecule has 0 aliphatic rings. The van der Waals surface area contributed by atoms with Gasteiger partial charge < -0.3 is 14.2 Å². The van der Waals surface area contributed by atoms with Gasteiger partial charge in [-0.25, -0.2) is 0 Å². The molecule has 0 N–H and O–H groups in total. The Kier molecular flexibility index (Phi) is 4.12. The summed E-state index contributed by atoms with van der Waals surface area (Å²) in [6.45, 7) is 3.40. The molecule has 82 valence electrons. The number of hydrogen-bond acceptors (Lipinski definition) is 4. The number of esters is 1. The Morgan fingerprint density at radius 2 is 2.07 bits per heavy atom. The number of rotatable bonds is 4. The standard InChI is InChI=1S/C11H14O4/c1-8-4-5-10(15-9(2)12)11(6-8)14-7-13-3/h4-6H,7H2,1-3H3. The van der Waals surface area contributed by atoms with Crippen LogP contribution >= 0.6 is 0 Å². The van der Waals surface area contributed by atoms with Crippen LogP contribution in [0.1, 0.15) is 12.5 Å². The lowest BCUT2D eigenvalue weighted by atomic mass is 10.2. The van der Waals surface area contributed by atoms with E-state index in [9.17, 15) is 4.79 Å².